The number of rotatable bonds is 5. The van der Waals surface area contributed by atoms with Gasteiger partial charge in [-0.25, -0.2) is 14.2 Å². The van der Waals surface area contributed by atoms with Gasteiger partial charge in [-0.1, -0.05) is 29.8 Å². The first-order valence-corrected chi connectivity index (χ1v) is 11.4. The molecule has 0 atom stereocenters. The Labute approximate surface area is 203 Å². The zero-order valence-electron chi connectivity index (χ0n) is 18.5. The minimum atomic E-state index is -0.669. The molecule has 2 heterocycles. The lowest BCUT2D eigenvalue weighted by molar-refractivity contribution is -0.116. The third kappa shape index (κ3) is 4.15. The number of thiophene rings is 1. The van der Waals surface area contributed by atoms with Gasteiger partial charge in [0.2, 0.25) is 5.91 Å². The second kappa shape index (κ2) is 9.28. The molecular formula is C24H20ClN3O5S. The van der Waals surface area contributed by atoms with Crippen LogP contribution in [0.4, 0.5) is 5.69 Å². The van der Waals surface area contributed by atoms with Crippen LogP contribution in [0.3, 0.4) is 0 Å². The fourth-order valence-corrected chi connectivity index (χ4v) is 4.98. The molecule has 1 N–H and O–H groups in total. The molecule has 0 fully saturated rings. The summed E-state index contributed by atoms with van der Waals surface area (Å²) in [5.41, 5.74) is 0.339. The Morgan fingerprint density at radius 2 is 1.82 bits per heavy atom. The first kappa shape index (κ1) is 23.5. The molecule has 0 unspecified atom stereocenters. The first-order valence-electron chi connectivity index (χ1n) is 10.2. The molecule has 0 radical (unpaired) electrons. The highest BCUT2D eigenvalue weighted by Gasteiger charge is 2.22. The van der Waals surface area contributed by atoms with Gasteiger partial charge in [-0.15, -0.1) is 11.3 Å². The van der Waals surface area contributed by atoms with Gasteiger partial charge in [0, 0.05) is 9.90 Å². The van der Waals surface area contributed by atoms with Crippen molar-refractivity contribution in [3.63, 3.8) is 0 Å². The number of ether oxygens (including phenoxy) is 1. The van der Waals surface area contributed by atoms with Crippen LogP contribution < -0.4 is 16.6 Å². The van der Waals surface area contributed by atoms with Crippen LogP contribution in [0, 0.1) is 13.8 Å². The number of amides is 1. The smallest absolute Gasteiger partial charge is 0.339 e. The molecule has 1 amide bonds. The fraction of sp³-hybridized carbons (Fsp3) is 0.167. The number of benzene rings is 2. The third-order valence-electron chi connectivity index (χ3n) is 5.43. The predicted octanol–water partition coefficient (Wildman–Crippen LogP) is 3.91. The van der Waals surface area contributed by atoms with E-state index in [4.69, 9.17) is 16.3 Å². The van der Waals surface area contributed by atoms with Crippen LogP contribution in [0.5, 0.6) is 0 Å². The Morgan fingerprint density at radius 1 is 1.09 bits per heavy atom. The number of esters is 1. The van der Waals surface area contributed by atoms with Gasteiger partial charge in [-0.2, -0.15) is 0 Å². The number of nitrogens with one attached hydrogen (secondary N) is 1. The molecule has 34 heavy (non-hydrogen) atoms. The van der Waals surface area contributed by atoms with Crippen molar-refractivity contribution in [2.45, 2.75) is 20.4 Å². The molecule has 0 bridgehead atoms. The van der Waals surface area contributed by atoms with Crippen LogP contribution in [-0.2, 0) is 16.1 Å². The molecule has 2 aromatic heterocycles. The highest BCUT2D eigenvalue weighted by atomic mass is 35.5. The normalized spacial score (nSPS) is 10.9. The maximum absolute atomic E-state index is 13.5. The van der Waals surface area contributed by atoms with E-state index in [0.29, 0.717) is 20.9 Å². The molecule has 0 saturated heterocycles. The van der Waals surface area contributed by atoms with Gasteiger partial charge in [0.05, 0.1) is 29.4 Å². The molecule has 8 nitrogen and oxygen atoms in total. The van der Waals surface area contributed by atoms with Crippen LogP contribution >= 0.6 is 22.9 Å². The Kier molecular flexibility index (Phi) is 6.41. The number of carbonyl (C=O) groups is 2. The minimum Gasteiger partial charge on any atom is -0.465 e. The summed E-state index contributed by atoms with van der Waals surface area (Å²) in [6.45, 7) is 3.29. The van der Waals surface area contributed by atoms with Gasteiger partial charge >= 0.3 is 11.7 Å². The third-order valence-corrected chi connectivity index (χ3v) is 6.89. The molecule has 0 spiro atoms. The van der Waals surface area contributed by atoms with Crippen LogP contribution in [0.1, 0.15) is 20.8 Å². The largest absolute Gasteiger partial charge is 0.465 e. The number of nitrogens with zero attached hydrogens (tertiary/aromatic N) is 2. The van der Waals surface area contributed by atoms with Gasteiger partial charge in [-0.05, 0) is 49.7 Å². The van der Waals surface area contributed by atoms with E-state index in [2.05, 4.69) is 5.32 Å². The second-order valence-corrected chi connectivity index (χ2v) is 9.18. The van der Waals surface area contributed by atoms with E-state index in [-0.39, 0.29) is 17.8 Å². The summed E-state index contributed by atoms with van der Waals surface area (Å²) in [7, 11) is 1.25. The van der Waals surface area contributed by atoms with Crippen LogP contribution in [0.2, 0.25) is 5.02 Å². The molecule has 2 aromatic carbocycles. The fourth-order valence-electron chi connectivity index (χ4n) is 3.65. The first-order chi connectivity index (χ1) is 16.2. The van der Waals surface area contributed by atoms with E-state index in [1.807, 2.05) is 6.92 Å². The summed E-state index contributed by atoms with van der Waals surface area (Å²) < 4.78 is 7.04. The lowest BCUT2D eigenvalue weighted by Crippen LogP contribution is -2.40. The van der Waals surface area contributed by atoms with Gasteiger partial charge in [-0.3, -0.25) is 14.2 Å². The van der Waals surface area contributed by atoms with Gasteiger partial charge in [0.15, 0.2) is 0 Å². The number of halogens is 1. The van der Waals surface area contributed by atoms with E-state index in [0.717, 1.165) is 15.0 Å². The quantitative estimate of drug-likeness (QED) is 0.421. The maximum atomic E-state index is 13.5. The molecule has 4 aromatic rings. The second-order valence-electron chi connectivity index (χ2n) is 7.54. The maximum Gasteiger partial charge on any atom is 0.339 e. The Morgan fingerprint density at radius 3 is 2.53 bits per heavy atom. The SMILES string of the molecule is COC(=O)c1ccccc1NC(=O)Cn1c(=O)n(-c2cccc(Cl)c2)c(=O)c2c(C)c(C)sc21. The van der Waals surface area contributed by atoms with Gasteiger partial charge in [0.1, 0.15) is 11.4 Å². The summed E-state index contributed by atoms with van der Waals surface area (Å²) in [5, 5.41) is 3.40. The number of hydrogen-bond donors (Lipinski definition) is 1. The van der Waals surface area contributed by atoms with E-state index < -0.39 is 23.1 Å². The van der Waals surface area contributed by atoms with Crippen molar-refractivity contribution < 1.29 is 14.3 Å². The number of para-hydroxylation sites is 1. The molecule has 0 aliphatic heterocycles. The Bertz CT molecular complexity index is 1570. The highest BCUT2D eigenvalue weighted by Crippen LogP contribution is 2.27. The van der Waals surface area contributed by atoms with Crippen molar-refractivity contribution in [2.24, 2.45) is 0 Å². The minimum absolute atomic E-state index is 0.183. The number of carbonyl (C=O) groups excluding carboxylic acids is 2. The van der Waals surface area contributed by atoms with E-state index in [1.54, 1.807) is 43.3 Å². The van der Waals surface area contributed by atoms with E-state index >= 15 is 0 Å². The van der Waals surface area contributed by atoms with Gasteiger partial charge in [0.25, 0.3) is 5.56 Å². The molecule has 174 valence electrons. The number of fused-ring (bicyclic) bond motifs is 1. The van der Waals surface area contributed by atoms with Crippen LogP contribution in [0.25, 0.3) is 15.9 Å². The summed E-state index contributed by atoms with van der Waals surface area (Å²) in [5.74, 6) is -1.14. The molecule has 0 saturated carbocycles. The summed E-state index contributed by atoms with van der Waals surface area (Å²) in [4.78, 5) is 53.1. The molecule has 4 rings (SSSR count). The summed E-state index contributed by atoms with van der Waals surface area (Å²) in [6, 6.07) is 12.8. The summed E-state index contributed by atoms with van der Waals surface area (Å²) in [6.07, 6.45) is 0. The van der Waals surface area contributed by atoms with Gasteiger partial charge < -0.3 is 10.1 Å². The van der Waals surface area contributed by atoms with Crippen molar-refractivity contribution in [1.82, 2.24) is 9.13 Å². The average Bonchev–Trinajstić information content (AvgIpc) is 3.11. The lowest BCUT2D eigenvalue weighted by atomic mass is 10.2. The lowest BCUT2D eigenvalue weighted by Gasteiger charge is -2.14. The number of hydrogen-bond acceptors (Lipinski definition) is 6. The number of aromatic nitrogens is 2. The van der Waals surface area contributed by atoms with Crippen molar-refractivity contribution in [3.05, 3.63) is 90.4 Å². The Balaban J connectivity index is 1.84. The van der Waals surface area contributed by atoms with Crippen molar-refractivity contribution >= 4 is 50.7 Å². The molecule has 0 aliphatic carbocycles. The number of methoxy groups -OCH3 is 1. The number of anilines is 1. The molecule has 0 aliphatic rings. The monoisotopic (exact) mass is 497 g/mol. The zero-order valence-corrected chi connectivity index (χ0v) is 20.1. The average molecular weight is 498 g/mol. The highest BCUT2D eigenvalue weighted by molar-refractivity contribution is 7.18. The standard InChI is InChI=1S/C24H20ClN3O5S/c1-13-14(2)34-22-20(13)21(30)28(16-8-6-7-15(25)11-16)24(32)27(22)12-19(29)26-18-10-5-4-9-17(18)23(31)33-3/h4-11H,12H2,1-3H3,(H,26,29). The van der Waals surface area contributed by atoms with Crippen LogP contribution in [0.15, 0.2) is 58.1 Å². The summed E-state index contributed by atoms with van der Waals surface area (Å²) >= 11 is 7.37. The predicted molar refractivity (Wildman–Crippen MR) is 133 cm³/mol. The number of aryl methyl sites for hydroxylation is 2. The molecule has 10 heteroatoms. The van der Waals surface area contributed by atoms with E-state index in [1.165, 1.54) is 35.1 Å². The zero-order chi connectivity index (χ0) is 24.6. The Hall–Kier alpha value is -3.69. The van der Waals surface area contributed by atoms with E-state index in [9.17, 15) is 19.2 Å². The molecular weight excluding hydrogens is 478 g/mol. The van der Waals surface area contributed by atoms with Crippen molar-refractivity contribution in [2.75, 3.05) is 12.4 Å². The topological polar surface area (TPSA) is 99.4 Å². The van der Waals surface area contributed by atoms with Crippen LogP contribution in [-0.4, -0.2) is 28.1 Å². The van der Waals surface area contributed by atoms with Crippen molar-refractivity contribution in [3.8, 4) is 5.69 Å². The van der Waals surface area contributed by atoms with Crippen molar-refractivity contribution in [1.29, 1.82) is 0 Å².